The molecule has 2 aliphatic heterocycles. The molecule has 1 fully saturated rings. The summed E-state index contributed by atoms with van der Waals surface area (Å²) in [4.78, 5) is 46.5. The normalized spacial score (nSPS) is 18.4. The molecule has 9 nitrogen and oxygen atoms in total. The minimum absolute atomic E-state index is 0.00254. The Bertz CT molecular complexity index is 1080. The van der Waals surface area contributed by atoms with Gasteiger partial charge in [0.05, 0.1) is 11.5 Å². The molecular weight excluding hydrogens is 419 g/mol. The number of fused-ring (bicyclic) bond motifs is 1. The number of anilines is 3. The fourth-order valence-electron chi connectivity index (χ4n) is 3.66. The monoisotopic (exact) mass is 437 g/mol. The standard InChI is InChI=1S/C19H18F3N5O4/c20-19(21,22)31-11-5-3-4-10(8-11)23-16(29)12-9-13(28)24-15-14(12)17(30)26-18(25-15)27-6-1-2-7-27/h3-5,8,12H,1-2,6-7,9H2,(H,23,29)(H2,24,25,26,28,30)/t12-/m0/s1. The van der Waals surface area contributed by atoms with Crippen molar-refractivity contribution in [1.82, 2.24) is 9.97 Å². The molecule has 1 aromatic carbocycles. The molecule has 1 saturated heterocycles. The fourth-order valence-corrected chi connectivity index (χ4v) is 3.66. The number of ether oxygens (including phenoxy) is 1. The number of aromatic nitrogens is 2. The van der Waals surface area contributed by atoms with E-state index in [-0.39, 0.29) is 23.5 Å². The molecule has 0 unspecified atom stereocenters. The molecule has 0 saturated carbocycles. The average molecular weight is 437 g/mol. The van der Waals surface area contributed by atoms with Gasteiger partial charge in [0.1, 0.15) is 11.6 Å². The van der Waals surface area contributed by atoms with Crippen molar-refractivity contribution in [3.8, 4) is 5.75 Å². The summed E-state index contributed by atoms with van der Waals surface area (Å²) in [5.74, 6) is -2.55. The number of nitrogens with one attached hydrogen (secondary N) is 3. The van der Waals surface area contributed by atoms with E-state index in [4.69, 9.17) is 0 Å². The van der Waals surface area contributed by atoms with Gasteiger partial charge in [0.2, 0.25) is 17.8 Å². The van der Waals surface area contributed by atoms with Crippen LogP contribution in [0.4, 0.5) is 30.6 Å². The van der Waals surface area contributed by atoms with Gasteiger partial charge >= 0.3 is 6.36 Å². The second-order valence-electron chi connectivity index (χ2n) is 7.22. The molecule has 2 amide bonds. The van der Waals surface area contributed by atoms with Crippen molar-refractivity contribution in [1.29, 1.82) is 0 Å². The first-order valence-corrected chi connectivity index (χ1v) is 9.55. The van der Waals surface area contributed by atoms with Crippen LogP contribution in [0, 0.1) is 0 Å². The van der Waals surface area contributed by atoms with Crippen LogP contribution in [0.2, 0.25) is 0 Å². The summed E-state index contributed by atoms with van der Waals surface area (Å²) in [7, 11) is 0. The third-order valence-corrected chi connectivity index (χ3v) is 5.00. The van der Waals surface area contributed by atoms with Crippen LogP contribution < -0.4 is 25.8 Å². The molecule has 1 atom stereocenters. The Morgan fingerprint density at radius 3 is 2.68 bits per heavy atom. The van der Waals surface area contributed by atoms with E-state index in [9.17, 15) is 27.6 Å². The van der Waals surface area contributed by atoms with Gasteiger partial charge in [0, 0.05) is 31.3 Å². The summed E-state index contributed by atoms with van der Waals surface area (Å²) in [5, 5.41) is 4.97. The summed E-state index contributed by atoms with van der Waals surface area (Å²) >= 11 is 0. The highest BCUT2D eigenvalue weighted by molar-refractivity contribution is 6.04. The number of carbonyl (C=O) groups is 2. The molecule has 0 radical (unpaired) electrons. The molecule has 2 aliphatic rings. The number of hydrogen-bond acceptors (Lipinski definition) is 6. The smallest absolute Gasteiger partial charge is 0.406 e. The molecule has 12 heteroatoms. The minimum Gasteiger partial charge on any atom is -0.406 e. The second-order valence-corrected chi connectivity index (χ2v) is 7.22. The number of amides is 2. The number of rotatable bonds is 4. The van der Waals surface area contributed by atoms with Crippen molar-refractivity contribution < 1.29 is 27.5 Å². The highest BCUT2D eigenvalue weighted by Gasteiger charge is 2.35. The molecule has 164 valence electrons. The predicted molar refractivity (Wildman–Crippen MR) is 104 cm³/mol. The van der Waals surface area contributed by atoms with Gasteiger partial charge in [-0.2, -0.15) is 4.98 Å². The minimum atomic E-state index is -4.88. The first-order chi connectivity index (χ1) is 14.7. The summed E-state index contributed by atoms with van der Waals surface area (Å²) in [6.07, 6.45) is -3.27. The second kappa shape index (κ2) is 7.93. The summed E-state index contributed by atoms with van der Waals surface area (Å²) in [6, 6.07) is 4.72. The zero-order chi connectivity index (χ0) is 22.2. The van der Waals surface area contributed by atoms with Crippen LogP contribution >= 0.6 is 0 Å². The molecule has 0 aliphatic carbocycles. The van der Waals surface area contributed by atoms with Gasteiger partial charge in [-0.1, -0.05) is 6.07 Å². The van der Waals surface area contributed by atoms with Crippen molar-refractivity contribution in [3.05, 3.63) is 40.2 Å². The van der Waals surface area contributed by atoms with E-state index >= 15 is 0 Å². The van der Waals surface area contributed by atoms with Crippen LogP contribution in [-0.2, 0) is 9.59 Å². The number of halogens is 3. The maximum Gasteiger partial charge on any atom is 0.573 e. The maximum atomic E-state index is 12.8. The molecule has 4 rings (SSSR count). The van der Waals surface area contributed by atoms with E-state index in [0.717, 1.165) is 38.1 Å². The van der Waals surface area contributed by atoms with E-state index < -0.39 is 35.4 Å². The molecule has 3 heterocycles. The Morgan fingerprint density at radius 1 is 1.23 bits per heavy atom. The van der Waals surface area contributed by atoms with Gasteiger partial charge in [-0.25, -0.2) is 0 Å². The summed E-state index contributed by atoms with van der Waals surface area (Å²) in [6.45, 7) is 1.44. The molecular formula is C19H18F3N5O4. The lowest BCUT2D eigenvalue weighted by molar-refractivity contribution is -0.274. The predicted octanol–water partition coefficient (Wildman–Crippen LogP) is 2.33. The van der Waals surface area contributed by atoms with Gasteiger partial charge < -0.3 is 20.3 Å². The lowest BCUT2D eigenvalue weighted by Crippen LogP contribution is -2.37. The summed E-state index contributed by atoms with van der Waals surface area (Å²) in [5.41, 5.74) is -0.527. The van der Waals surface area contributed by atoms with Gasteiger partial charge in [0.25, 0.3) is 5.56 Å². The van der Waals surface area contributed by atoms with Crippen LogP contribution in [0.15, 0.2) is 29.1 Å². The SMILES string of the molecule is O=C1C[C@H](C(=O)Nc2cccc(OC(F)(F)F)c2)c2c(nc(N3CCCC3)[nH]c2=O)N1. The Balaban J connectivity index is 1.59. The van der Waals surface area contributed by atoms with Crippen LogP contribution in [0.3, 0.4) is 0 Å². The van der Waals surface area contributed by atoms with Crippen molar-refractivity contribution in [2.75, 3.05) is 28.6 Å². The number of alkyl halides is 3. The number of H-pyrrole nitrogens is 1. The third kappa shape index (κ3) is 4.62. The molecule has 0 bridgehead atoms. The van der Waals surface area contributed by atoms with Crippen LogP contribution in [0.5, 0.6) is 5.75 Å². The van der Waals surface area contributed by atoms with E-state index in [0.29, 0.717) is 5.95 Å². The zero-order valence-corrected chi connectivity index (χ0v) is 16.1. The third-order valence-electron chi connectivity index (χ3n) is 5.00. The number of hydrogen-bond donors (Lipinski definition) is 3. The Hall–Kier alpha value is -3.57. The number of nitrogens with zero attached hydrogens (tertiary/aromatic N) is 2. The fraction of sp³-hybridized carbons (Fsp3) is 0.368. The Labute approximate surface area is 173 Å². The maximum absolute atomic E-state index is 12.8. The van der Waals surface area contributed by atoms with Crippen LogP contribution in [0.1, 0.15) is 30.7 Å². The summed E-state index contributed by atoms with van der Waals surface area (Å²) < 4.78 is 41.1. The van der Waals surface area contributed by atoms with Crippen molar-refractivity contribution in [3.63, 3.8) is 0 Å². The highest BCUT2D eigenvalue weighted by Crippen LogP contribution is 2.31. The molecule has 0 spiro atoms. The van der Waals surface area contributed by atoms with Gasteiger partial charge in [-0.3, -0.25) is 19.4 Å². The number of carbonyl (C=O) groups excluding carboxylic acids is 2. The average Bonchev–Trinajstić information content (AvgIpc) is 3.20. The quantitative estimate of drug-likeness (QED) is 0.676. The molecule has 1 aromatic heterocycles. The topological polar surface area (TPSA) is 116 Å². The first-order valence-electron chi connectivity index (χ1n) is 9.55. The lowest BCUT2D eigenvalue weighted by atomic mass is 9.92. The van der Waals surface area contributed by atoms with Gasteiger partial charge in [0.15, 0.2) is 0 Å². The number of aromatic amines is 1. The number of benzene rings is 1. The highest BCUT2D eigenvalue weighted by atomic mass is 19.4. The molecule has 31 heavy (non-hydrogen) atoms. The largest absolute Gasteiger partial charge is 0.573 e. The van der Waals surface area contributed by atoms with Crippen LogP contribution in [-0.4, -0.2) is 41.2 Å². The Kier molecular flexibility index (Phi) is 5.29. The van der Waals surface area contributed by atoms with Gasteiger partial charge in [-0.05, 0) is 25.0 Å². The van der Waals surface area contributed by atoms with E-state index in [1.54, 1.807) is 0 Å². The van der Waals surface area contributed by atoms with Gasteiger partial charge in [-0.15, -0.1) is 13.2 Å². The van der Waals surface area contributed by atoms with Crippen molar-refractivity contribution >= 4 is 29.3 Å². The van der Waals surface area contributed by atoms with E-state index in [2.05, 4.69) is 25.3 Å². The first kappa shape index (κ1) is 20.7. The van der Waals surface area contributed by atoms with Crippen LogP contribution in [0.25, 0.3) is 0 Å². The molecule has 3 N–H and O–H groups in total. The Morgan fingerprint density at radius 2 is 1.97 bits per heavy atom. The van der Waals surface area contributed by atoms with E-state index in [1.807, 2.05) is 4.90 Å². The van der Waals surface area contributed by atoms with Crippen molar-refractivity contribution in [2.45, 2.75) is 31.5 Å². The zero-order valence-electron chi connectivity index (χ0n) is 16.1. The van der Waals surface area contributed by atoms with E-state index in [1.165, 1.54) is 12.1 Å². The van der Waals surface area contributed by atoms with Crippen molar-refractivity contribution in [2.24, 2.45) is 0 Å². The molecule has 2 aromatic rings. The lowest BCUT2D eigenvalue weighted by Gasteiger charge is -2.25.